The van der Waals surface area contributed by atoms with Gasteiger partial charge in [-0.25, -0.2) is 9.67 Å². The van der Waals surface area contributed by atoms with E-state index < -0.39 is 6.10 Å². The van der Waals surface area contributed by atoms with E-state index in [0.29, 0.717) is 18.8 Å². The molecule has 8 nitrogen and oxygen atoms in total. The van der Waals surface area contributed by atoms with Crippen molar-refractivity contribution in [1.82, 2.24) is 24.9 Å². The number of carbonyl (C=O) groups is 1. The number of hydrogen-bond acceptors (Lipinski definition) is 7. The van der Waals surface area contributed by atoms with Crippen molar-refractivity contribution < 1.29 is 9.90 Å². The third-order valence-corrected chi connectivity index (χ3v) is 5.50. The molecule has 4 rings (SSSR count). The van der Waals surface area contributed by atoms with Gasteiger partial charge in [-0.3, -0.25) is 4.79 Å². The number of amides is 1. The van der Waals surface area contributed by atoms with Gasteiger partial charge in [-0.15, -0.1) is 16.4 Å². The van der Waals surface area contributed by atoms with Crippen LogP contribution < -0.4 is 4.90 Å². The van der Waals surface area contributed by atoms with Gasteiger partial charge in [0.15, 0.2) is 5.69 Å². The molecule has 0 spiro atoms. The molecule has 9 heteroatoms. The van der Waals surface area contributed by atoms with E-state index in [2.05, 4.69) is 20.2 Å². The van der Waals surface area contributed by atoms with Crippen molar-refractivity contribution in [3.05, 3.63) is 58.7 Å². The molecule has 140 valence electrons. The smallest absolute Gasteiger partial charge is 0.276 e. The summed E-state index contributed by atoms with van der Waals surface area (Å²) in [5, 5.41) is 20.1. The zero-order valence-electron chi connectivity index (χ0n) is 14.7. The SMILES string of the molecule is O=C(c1cn(C[C@@H](O)c2cccs2)nn1)N1CCN(c2ccccn2)CC1. The van der Waals surface area contributed by atoms with Crippen LogP contribution in [0.25, 0.3) is 0 Å². The standard InChI is InChI=1S/C18H20N6O2S/c25-15(16-4-3-11-27-16)13-24-12-14(20-21-24)18(26)23-9-7-22(8-10-23)17-5-1-2-6-19-17/h1-6,11-12,15,25H,7-10,13H2/t15-/m1/s1. The van der Waals surface area contributed by atoms with Gasteiger partial charge in [0.25, 0.3) is 5.91 Å². The largest absolute Gasteiger partial charge is 0.386 e. The van der Waals surface area contributed by atoms with Gasteiger partial charge >= 0.3 is 0 Å². The fraction of sp³-hybridized carbons (Fsp3) is 0.333. The molecule has 1 amide bonds. The molecule has 1 fully saturated rings. The highest BCUT2D eigenvalue weighted by Crippen LogP contribution is 2.20. The van der Waals surface area contributed by atoms with E-state index in [9.17, 15) is 9.90 Å². The quantitative estimate of drug-likeness (QED) is 0.716. The van der Waals surface area contributed by atoms with E-state index in [0.717, 1.165) is 23.8 Å². The van der Waals surface area contributed by atoms with Crippen molar-refractivity contribution in [3.63, 3.8) is 0 Å². The number of nitrogens with zero attached hydrogens (tertiary/aromatic N) is 6. The maximum atomic E-state index is 12.7. The molecule has 0 saturated carbocycles. The highest BCUT2D eigenvalue weighted by molar-refractivity contribution is 7.10. The molecule has 0 unspecified atom stereocenters. The number of hydrogen-bond donors (Lipinski definition) is 1. The Morgan fingerprint density at radius 2 is 2.04 bits per heavy atom. The Morgan fingerprint density at radius 3 is 2.74 bits per heavy atom. The molecule has 1 aliphatic heterocycles. The van der Waals surface area contributed by atoms with Gasteiger partial charge in [-0.05, 0) is 23.6 Å². The van der Waals surface area contributed by atoms with Crippen molar-refractivity contribution in [2.24, 2.45) is 0 Å². The molecule has 0 aliphatic carbocycles. The lowest BCUT2D eigenvalue weighted by atomic mass is 10.2. The van der Waals surface area contributed by atoms with Gasteiger partial charge in [0, 0.05) is 37.3 Å². The van der Waals surface area contributed by atoms with Crippen LogP contribution in [0.3, 0.4) is 0 Å². The van der Waals surface area contributed by atoms with Crippen LogP contribution in [-0.2, 0) is 6.54 Å². The maximum absolute atomic E-state index is 12.7. The summed E-state index contributed by atoms with van der Waals surface area (Å²) in [6.07, 6.45) is 2.72. The zero-order chi connectivity index (χ0) is 18.6. The number of aromatic nitrogens is 4. The van der Waals surface area contributed by atoms with Gasteiger partial charge in [-0.1, -0.05) is 17.3 Å². The number of aliphatic hydroxyl groups is 1. The molecule has 1 N–H and O–H groups in total. The Labute approximate surface area is 160 Å². The summed E-state index contributed by atoms with van der Waals surface area (Å²) in [5.74, 6) is 0.797. The third-order valence-electron chi connectivity index (χ3n) is 4.53. The first kappa shape index (κ1) is 17.6. The van der Waals surface area contributed by atoms with E-state index in [4.69, 9.17) is 0 Å². The number of rotatable bonds is 5. The minimum Gasteiger partial charge on any atom is -0.386 e. The molecule has 0 radical (unpaired) electrons. The lowest BCUT2D eigenvalue weighted by molar-refractivity contribution is 0.0740. The van der Waals surface area contributed by atoms with Crippen molar-refractivity contribution in [1.29, 1.82) is 0 Å². The van der Waals surface area contributed by atoms with E-state index >= 15 is 0 Å². The number of piperazine rings is 1. The summed E-state index contributed by atoms with van der Waals surface area (Å²) in [7, 11) is 0. The zero-order valence-corrected chi connectivity index (χ0v) is 15.5. The minimum atomic E-state index is -0.656. The Hall–Kier alpha value is -2.78. The van der Waals surface area contributed by atoms with Gasteiger partial charge < -0.3 is 14.9 Å². The summed E-state index contributed by atoms with van der Waals surface area (Å²) in [5.41, 5.74) is 0.305. The van der Waals surface area contributed by atoms with Crippen LogP contribution in [0.2, 0.25) is 0 Å². The number of thiophene rings is 1. The predicted molar refractivity (Wildman–Crippen MR) is 102 cm³/mol. The molecule has 3 aromatic rings. The lowest BCUT2D eigenvalue weighted by Crippen LogP contribution is -2.49. The molecule has 1 saturated heterocycles. The predicted octanol–water partition coefficient (Wildman–Crippen LogP) is 1.43. The minimum absolute atomic E-state index is 0.132. The Kier molecular flexibility index (Phi) is 5.12. The van der Waals surface area contributed by atoms with Crippen LogP contribution in [0.1, 0.15) is 21.5 Å². The van der Waals surface area contributed by atoms with E-state index in [1.54, 1.807) is 17.3 Å². The molecule has 1 atom stereocenters. The Balaban J connectivity index is 1.34. The summed E-state index contributed by atoms with van der Waals surface area (Å²) < 4.78 is 1.52. The second kappa shape index (κ2) is 7.85. The van der Waals surface area contributed by atoms with Crippen molar-refractivity contribution in [2.75, 3.05) is 31.1 Å². The van der Waals surface area contributed by atoms with Crippen molar-refractivity contribution in [2.45, 2.75) is 12.6 Å². The van der Waals surface area contributed by atoms with Gasteiger partial charge in [0.2, 0.25) is 0 Å². The highest BCUT2D eigenvalue weighted by Gasteiger charge is 2.25. The molecule has 1 aliphatic rings. The van der Waals surface area contributed by atoms with Crippen LogP contribution >= 0.6 is 11.3 Å². The van der Waals surface area contributed by atoms with Crippen LogP contribution in [-0.4, -0.2) is 62.1 Å². The average Bonchev–Trinajstić information content (AvgIpc) is 3.40. The number of aliphatic hydroxyl groups excluding tert-OH is 1. The topological polar surface area (TPSA) is 87.4 Å². The first-order valence-electron chi connectivity index (χ1n) is 8.77. The van der Waals surface area contributed by atoms with E-state index in [1.807, 2.05) is 35.7 Å². The van der Waals surface area contributed by atoms with E-state index in [1.165, 1.54) is 16.0 Å². The van der Waals surface area contributed by atoms with E-state index in [-0.39, 0.29) is 12.5 Å². The summed E-state index contributed by atoms with van der Waals surface area (Å²) in [6, 6.07) is 9.59. The molecular formula is C18H20N6O2S. The number of carbonyl (C=O) groups excluding carboxylic acids is 1. The van der Waals surface area contributed by atoms with Gasteiger partial charge in [0.1, 0.15) is 11.9 Å². The second-order valence-electron chi connectivity index (χ2n) is 6.32. The molecule has 0 bridgehead atoms. The lowest BCUT2D eigenvalue weighted by Gasteiger charge is -2.35. The average molecular weight is 384 g/mol. The molecular weight excluding hydrogens is 364 g/mol. The fourth-order valence-electron chi connectivity index (χ4n) is 3.08. The number of pyridine rings is 1. The Morgan fingerprint density at radius 1 is 1.19 bits per heavy atom. The van der Waals surface area contributed by atoms with Crippen LogP contribution in [0.15, 0.2) is 48.1 Å². The van der Waals surface area contributed by atoms with Crippen molar-refractivity contribution in [3.8, 4) is 0 Å². The number of anilines is 1. The second-order valence-corrected chi connectivity index (χ2v) is 7.30. The van der Waals surface area contributed by atoms with Crippen LogP contribution in [0.5, 0.6) is 0 Å². The third kappa shape index (κ3) is 3.99. The summed E-state index contributed by atoms with van der Waals surface area (Å²) in [6.45, 7) is 2.95. The van der Waals surface area contributed by atoms with Crippen LogP contribution in [0, 0.1) is 0 Å². The summed E-state index contributed by atoms with van der Waals surface area (Å²) in [4.78, 5) is 21.9. The normalized spacial score (nSPS) is 15.7. The first-order chi connectivity index (χ1) is 13.2. The maximum Gasteiger partial charge on any atom is 0.276 e. The molecule has 0 aromatic carbocycles. The highest BCUT2D eigenvalue weighted by atomic mass is 32.1. The van der Waals surface area contributed by atoms with Gasteiger partial charge in [-0.2, -0.15) is 0 Å². The van der Waals surface area contributed by atoms with Crippen LogP contribution in [0.4, 0.5) is 5.82 Å². The van der Waals surface area contributed by atoms with Gasteiger partial charge in [0.05, 0.1) is 12.7 Å². The van der Waals surface area contributed by atoms with Crippen molar-refractivity contribution >= 4 is 23.1 Å². The molecule has 27 heavy (non-hydrogen) atoms. The Bertz CT molecular complexity index is 874. The summed E-state index contributed by atoms with van der Waals surface area (Å²) >= 11 is 1.49. The fourth-order valence-corrected chi connectivity index (χ4v) is 3.78. The monoisotopic (exact) mass is 384 g/mol. The molecule has 4 heterocycles. The molecule has 3 aromatic heterocycles. The first-order valence-corrected chi connectivity index (χ1v) is 9.65.